The predicted molar refractivity (Wildman–Crippen MR) is 154 cm³/mol. The van der Waals surface area contributed by atoms with Crippen molar-refractivity contribution in [3.63, 3.8) is 0 Å². The highest BCUT2D eigenvalue weighted by atomic mass is 16.5. The molecular formula is C34H35NO4. The lowest BCUT2D eigenvalue weighted by Crippen LogP contribution is -2.18. The number of rotatable bonds is 4. The van der Waals surface area contributed by atoms with Gasteiger partial charge in [-0.15, -0.1) is 0 Å². The maximum Gasteiger partial charge on any atom is 0.180 e. The SMILES string of the molecule is Cc1cccc2c1C(=O)C(c1ccc3cccc(OCc4cc(C(C)(C)C)c(O)c(C(C)(C)C)c4)c3n1)C2=O. The molecule has 0 saturated carbocycles. The summed E-state index contributed by atoms with van der Waals surface area (Å²) in [6.45, 7) is 14.6. The topological polar surface area (TPSA) is 76.5 Å². The van der Waals surface area contributed by atoms with Gasteiger partial charge >= 0.3 is 0 Å². The van der Waals surface area contributed by atoms with E-state index in [-0.39, 0.29) is 29.0 Å². The number of Topliss-reactive ketones (excluding diaryl/α,β-unsaturated/α-hetero) is 2. The summed E-state index contributed by atoms with van der Waals surface area (Å²) in [5.41, 5.74) is 5.01. The third-order valence-electron chi connectivity index (χ3n) is 7.49. The number of hydrogen-bond acceptors (Lipinski definition) is 5. The van der Waals surface area contributed by atoms with Gasteiger partial charge in [0.15, 0.2) is 11.6 Å². The number of para-hydroxylation sites is 1. The number of nitrogens with zero attached hydrogens (tertiary/aromatic N) is 1. The summed E-state index contributed by atoms with van der Waals surface area (Å²) in [7, 11) is 0. The molecule has 1 atom stereocenters. The molecule has 1 aromatic heterocycles. The average Bonchev–Trinajstić information content (AvgIpc) is 3.12. The number of aromatic nitrogens is 1. The van der Waals surface area contributed by atoms with E-state index in [2.05, 4.69) is 41.5 Å². The summed E-state index contributed by atoms with van der Waals surface area (Å²) in [6, 6.07) is 18.7. The smallest absolute Gasteiger partial charge is 0.180 e. The molecule has 0 spiro atoms. The number of ketones is 2. The maximum absolute atomic E-state index is 13.3. The van der Waals surface area contributed by atoms with E-state index in [0.717, 1.165) is 27.6 Å². The van der Waals surface area contributed by atoms with Crippen LogP contribution in [0.4, 0.5) is 0 Å². The molecule has 1 unspecified atom stereocenters. The fraction of sp³-hybridized carbons (Fsp3) is 0.324. The second-order valence-corrected chi connectivity index (χ2v) is 12.6. The van der Waals surface area contributed by atoms with Crippen LogP contribution in [0.15, 0.2) is 60.7 Å². The molecule has 39 heavy (non-hydrogen) atoms. The Hall–Kier alpha value is -3.99. The minimum atomic E-state index is -0.945. The lowest BCUT2D eigenvalue weighted by atomic mass is 9.78. The van der Waals surface area contributed by atoms with Gasteiger partial charge in [-0.3, -0.25) is 9.59 Å². The van der Waals surface area contributed by atoms with Crippen molar-refractivity contribution in [3.8, 4) is 11.5 Å². The Balaban J connectivity index is 1.51. The molecule has 0 amide bonds. The van der Waals surface area contributed by atoms with Gasteiger partial charge in [-0.2, -0.15) is 0 Å². The van der Waals surface area contributed by atoms with Gasteiger partial charge in [-0.1, -0.05) is 77.9 Å². The Labute approximate surface area is 229 Å². The largest absolute Gasteiger partial charge is 0.507 e. The molecule has 4 aromatic rings. The van der Waals surface area contributed by atoms with E-state index in [1.54, 1.807) is 18.2 Å². The van der Waals surface area contributed by atoms with Crippen LogP contribution in [-0.2, 0) is 17.4 Å². The van der Waals surface area contributed by atoms with Gasteiger partial charge in [0.05, 0.1) is 5.69 Å². The molecule has 0 saturated heterocycles. The van der Waals surface area contributed by atoms with Gasteiger partial charge in [0, 0.05) is 16.5 Å². The number of ether oxygens (including phenoxy) is 1. The number of aromatic hydroxyl groups is 1. The molecule has 0 aliphatic heterocycles. The van der Waals surface area contributed by atoms with E-state index in [9.17, 15) is 14.7 Å². The van der Waals surface area contributed by atoms with E-state index < -0.39 is 5.92 Å². The standard InChI is InChI=1S/C34H35NO4/c1-19-10-8-12-22-27(19)32(38)28(30(22)36)25-15-14-21-11-9-13-26(29(21)35-25)39-18-20-16-23(33(2,3)4)31(37)24(17-20)34(5,6)7/h8-17,28,37H,18H2,1-7H3. The summed E-state index contributed by atoms with van der Waals surface area (Å²) in [6.07, 6.45) is 0. The number of aryl methyl sites for hydroxylation is 1. The highest BCUT2D eigenvalue weighted by Gasteiger charge is 2.41. The van der Waals surface area contributed by atoms with Crippen LogP contribution < -0.4 is 4.74 Å². The van der Waals surface area contributed by atoms with E-state index >= 15 is 0 Å². The van der Waals surface area contributed by atoms with Crippen molar-refractivity contribution in [1.82, 2.24) is 4.98 Å². The average molecular weight is 522 g/mol. The zero-order valence-electron chi connectivity index (χ0n) is 23.7. The summed E-state index contributed by atoms with van der Waals surface area (Å²) < 4.78 is 6.32. The molecule has 200 valence electrons. The Morgan fingerprint density at radius 3 is 2.10 bits per heavy atom. The van der Waals surface area contributed by atoms with E-state index in [1.807, 2.05) is 49.4 Å². The number of fused-ring (bicyclic) bond motifs is 2. The molecule has 1 aliphatic carbocycles. The first-order valence-corrected chi connectivity index (χ1v) is 13.3. The Morgan fingerprint density at radius 1 is 0.846 bits per heavy atom. The lowest BCUT2D eigenvalue weighted by Gasteiger charge is -2.28. The van der Waals surface area contributed by atoms with Crippen LogP contribution in [0.25, 0.3) is 10.9 Å². The van der Waals surface area contributed by atoms with Crippen molar-refractivity contribution in [3.05, 3.63) is 99.7 Å². The zero-order valence-corrected chi connectivity index (χ0v) is 23.7. The molecule has 5 nitrogen and oxygen atoms in total. The molecule has 5 rings (SSSR count). The number of hydrogen-bond donors (Lipinski definition) is 1. The minimum absolute atomic E-state index is 0.202. The third-order valence-corrected chi connectivity index (χ3v) is 7.49. The number of pyridine rings is 1. The minimum Gasteiger partial charge on any atom is -0.507 e. The predicted octanol–water partition coefficient (Wildman–Crippen LogP) is 7.59. The fourth-order valence-corrected chi connectivity index (χ4v) is 5.38. The third kappa shape index (κ3) is 4.71. The zero-order chi connectivity index (χ0) is 28.3. The van der Waals surface area contributed by atoms with Crippen LogP contribution >= 0.6 is 0 Å². The molecule has 5 heteroatoms. The normalized spacial score (nSPS) is 15.6. The Morgan fingerprint density at radius 2 is 1.49 bits per heavy atom. The van der Waals surface area contributed by atoms with Crippen LogP contribution in [0.1, 0.15) is 96.1 Å². The van der Waals surface area contributed by atoms with E-state index in [4.69, 9.17) is 9.72 Å². The van der Waals surface area contributed by atoms with Gasteiger partial charge in [0.2, 0.25) is 0 Å². The van der Waals surface area contributed by atoms with E-state index in [0.29, 0.717) is 33.8 Å². The van der Waals surface area contributed by atoms with Crippen LogP contribution in [0.5, 0.6) is 11.5 Å². The quantitative estimate of drug-likeness (QED) is 0.280. The van der Waals surface area contributed by atoms with Crippen LogP contribution in [0, 0.1) is 6.92 Å². The monoisotopic (exact) mass is 521 g/mol. The molecule has 3 aromatic carbocycles. The summed E-state index contributed by atoms with van der Waals surface area (Å²) in [5, 5.41) is 11.9. The van der Waals surface area contributed by atoms with Gasteiger partial charge in [0.1, 0.15) is 29.5 Å². The Bertz CT molecular complexity index is 1600. The highest BCUT2D eigenvalue weighted by molar-refractivity contribution is 6.30. The first kappa shape index (κ1) is 26.6. The second-order valence-electron chi connectivity index (χ2n) is 12.6. The molecule has 0 radical (unpaired) electrons. The van der Waals surface area contributed by atoms with Crippen LogP contribution in [0.3, 0.4) is 0 Å². The summed E-state index contributed by atoms with van der Waals surface area (Å²) >= 11 is 0. The van der Waals surface area contributed by atoms with Crippen molar-refractivity contribution in [2.24, 2.45) is 0 Å². The van der Waals surface area contributed by atoms with Gasteiger partial charge in [-0.05, 0) is 64.3 Å². The van der Waals surface area contributed by atoms with Gasteiger partial charge in [-0.25, -0.2) is 4.98 Å². The first-order chi connectivity index (χ1) is 18.3. The van der Waals surface area contributed by atoms with Crippen molar-refractivity contribution in [2.45, 2.75) is 71.8 Å². The molecule has 1 aliphatic rings. The van der Waals surface area contributed by atoms with Gasteiger partial charge in [0.25, 0.3) is 0 Å². The number of phenolic OH excluding ortho intramolecular Hbond substituents is 1. The lowest BCUT2D eigenvalue weighted by molar-refractivity contribution is 0.0888. The first-order valence-electron chi connectivity index (χ1n) is 13.3. The molecule has 0 bridgehead atoms. The fourth-order valence-electron chi connectivity index (χ4n) is 5.38. The highest BCUT2D eigenvalue weighted by Crippen LogP contribution is 2.40. The second kappa shape index (κ2) is 9.33. The molecule has 1 heterocycles. The van der Waals surface area contributed by atoms with Crippen molar-refractivity contribution in [2.75, 3.05) is 0 Å². The van der Waals surface area contributed by atoms with Crippen molar-refractivity contribution in [1.29, 1.82) is 0 Å². The van der Waals surface area contributed by atoms with Gasteiger partial charge < -0.3 is 9.84 Å². The number of phenols is 1. The van der Waals surface area contributed by atoms with Crippen molar-refractivity contribution >= 4 is 22.5 Å². The number of benzene rings is 3. The van der Waals surface area contributed by atoms with Crippen LogP contribution in [-0.4, -0.2) is 21.7 Å². The van der Waals surface area contributed by atoms with Crippen LogP contribution in [0.2, 0.25) is 0 Å². The molecule has 1 N–H and O–H groups in total. The Kier molecular flexibility index (Phi) is 6.37. The summed E-state index contributed by atoms with van der Waals surface area (Å²) in [4.78, 5) is 31.3. The number of carbonyl (C=O) groups is 2. The molecule has 0 fully saturated rings. The molecular weight excluding hydrogens is 486 g/mol. The van der Waals surface area contributed by atoms with E-state index in [1.165, 1.54) is 0 Å². The van der Waals surface area contributed by atoms with Crippen molar-refractivity contribution < 1.29 is 19.4 Å². The summed E-state index contributed by atoms with van der Waals surface area (Å²) in [5.74, 6) is -0.454. The maximum atomic E-state index is 13.3. The number of carbonyl (C=O) groups excluding carboxylic acids is 2.